The van der Waals surface area contributed by atoms with Crippen LogP contribution in [0.15, 0.2) is 188 Å². The molecular weight excluding hydrogens is 759 g/mol. The minimum absolute atomic E-state index is 0.652. The van der Waals surface area contributed by atoms with Gasteiger partial charge in [0.1, 0.15) is 5.82 Å². The smallest absolute Gasteiger partial charge is 0.165 e. The number of rotatable bonds is 6. The van der Waals surface area contributed by atoms with Crippen LogP contribution in [-0.4, -0.2) is 24.5 Å². The van der Waals surface area contributed by atoms with E-state index in [9.17, 15) is 0 Å². The standard InChI is InChI=1S/C52H31N5S2/c1-3-14-32(15-4-1)49-54-50(56-51(55-49)40-23-12-21-38-37-20-7-10-26-44(37)59-48(38)40)39-22-13-27-46-47(39)41-31-34(28-29-45(41)58-46)33-16-11-17-35(30-33)52-53-42-24-8-9-25-43(42)57(52)36-18-5-2-6-19-36/h1-31H. The molecule has 0 N–H and O–H groups in total. The fourth-order valence-electron chi connectivity index (χ4n) is 8.35. The Morgan fingerprint density at radius 2 is 1.00 bits per heavy atom. The Morgan fingerprint density at radius 1 is 0.373 bits per heavy atom. The zero-order chi connectivity index (χ0) is 38.9. The number of para-hydroxylation sites is 3. The van der Waals surface area contributed by atoms with Crippen molar-refractivity contribution in [1.82, 2.24) is 24.5 Å². The Morgan fingerprint density at radius 3 is 1.90 bits per heavy atom. The second-order valence-electron chi connectivity index (χ2n) is 14.6. The third kappa shape index (κ3) is 5.66. The number of fused-ring (bicyclic) bond motifs is 7. The van der Waals surface area contributed by atoms with E-state index in [-0.39, 0.29) is 0 Å². The number of hydrogen-bond acceptors (Lipinski definition) is 6. The van der Waals surface area contributed by atoms with Gasteiger partial charge in [0.2, 0.25) is 0 Å². The number of nitrogens with zero attached hydrogens (tertiary/aromatic N) is 5. The molecule has 0 fully saturated rings. The number of imidazole rings is 1. The molecule has 12 rings (SSSR count). The van der Waals surface area contributed by atoms with Gasteiger partial charge in [-0.1, -0.05) is 127 Å². The van der Waals surface area contributed by atoms with E-state index in [4.69, 9.17) is 19.9 Å². The Labute approximate surface area is 347 Å². The monoisotopic (exact) mass is 789 g/mol. The fraction of sp³-hybridized carbons (Fsp3) is 0. The Hall–Kier alpha value is -7.32. The molecule has 0 saturated heterocycles. The van der Waals surface area contributed by atoms with Crippen LogP contribution in [0.2, 0.25) is 0 Å². The molecule has 4 aromatic heterocycles. The number of aromatic nitrogens is 5. The molecule has 0 aliphatic heterocycles. The molecule has 0 bridgehead atoms. The van der Waals surface area contributed by atoms with Crippen molar-refractivity contribution in [3.8, 4) is 62.4 Å². The summed E-state index contributed by atoms with van der Waals surface area (Å²) in [6, 6.07) is 66.1. The highest BCUT2D eigenvalue weighted by molar-refractivity contribution is 7.26. The van der Waals surface area contributed by atoms with Crippen LogP contribution < -0.4 is 0 Å². The van der Waals surface area contributed by atoms with Crippen molar-refractivity contribution < 1.29 is 0 Å². The van der Waals surface area contributed by atoms with Gasteiger partial charge in [0.05, 0.1) is 11.0 Å². The average Bonchev–Trinajstić information content (AvgIpc) is 4.01. The topological polar surface area (TPSA) is 56.5 Å². The zero-order valence-electron chi connectivity index (χ0n) is 31.5. The molecule has 12 aromatic rings. The van der Waals surface area contributed by atoms with Crippen molar-refractivity contribution >= 4 is 74.1 Å². The van der Waals surface area contributed by atoms with Gasteiger partial charge in [-0.2, -0.15) is 0 Å². The van der Waals surface area contributed by atoms with Crippen LogP contribution in [0, 0.1) is 0 Å². The molecule has 8 aromatic carbocycles. The van der Waals surface area contributed by atoms with E-state index in [1.165, 1.54) is 35.0 Å². The summed E-state index contributed by atoms with van der Waals surface area (Å²) in [5.41, 5.74) is 9.38. The molecule has 0 aliphatic carbocycles. The van der Waals surface area contributed by atoms with Crippen molar-refractivity contribution in [1.29, 1.82) is 0 Å². The summed E-state index contributed by atoms with van der Waals surface area (Å²) in [6.45, 7) is 0. The second-order valence-corrected chi connectivity index (χ2v) is 16.8. The maximum absolute atomic E-state index is 5.31. The summed E-state index contributed by atoms with van der Waals surface area (Å²) in [5, 5.41) is 4.78. The van der Waals surface area contributed by atoms with Gasteiger partial charge < -0.3 is 0 Å². The van der Waals surface area contributed by atoms with E-state index in [2.05, 4.69) is 162 Å². The van der Waals surface area contributed by atoms with Gasteiger partial charge in [0.15, 0.2) is 17.5 Å². The lowest BCUT2D eigenvalue weighted by Crippen LogP contribution is -2.00. The quantitative estimate of drug-likeness (QED) is 0.168. The van der Waals surface area contributed by atoms with Gasteiger partial charge in [-0.15, -0.1) is 22.7 Å². The molecule has 59 heavy (non-hydrogen) atoms. The van der Waals surface area contributed by atoms with Crippen LogP contribution in [0.25, 0.3) is 114 Å². The van der Waals surface area contributed by atoms with E-state index in [1.54, 1.807) is 22.7 Å². The molecule has 0 spiro atoms. The van der Waals surface area contributed by atoms with Crippen LogP contribution in [0.4, 0.5) is 0 Å². The fourth-order valence-corrected chi connectivity index (χ4v) is 10.7. The van der Waals surface area contributed by atoms with Crippen molar-refractivity contribution in [3.63, 3.8) is 0 Å². The first kappa shape index (κ1) is 33.8. The molecule has 0 saturated carbocycles. The third-order valence-corrected chi connectivity index (χ3v) is 13.4. The van der Waals surface area contributed by atoms with Gasteiger partial charge in [-0.25, -0.2) is 19.9 Å². The van der Waals surface area contributed by atoms with Gasteiger partial charge in [-0.3, -0.25) is 4.57 Å². The molecule has 0 amide bonds. The van der Waals surface area contributed by atoms with Gasteiger partial charge in [0, 0.05) is 68.3 Å². The summed E-state index contributed by atoms with van der Waals surface area (Å²) in [4.78, 5) is 20.8. The summed E-state index contributed by atoms with van der Waals surface area (Å²) in [7, 11) is 0. The predicted molar refractivity (Wildman–Crippen MR) is 247 cm³/mol. The highest BCUT2D eigenvalue weighted by Crippen LogP contribution is 2.43. The van der Waals surface area contributed by atoms with Gasteiger partial charge >= 0.3 is 0 Å². The molecule has 7 heteroatoms. The molecule has 0 radical (unpaired) electrons. The van der Waals surface area contributed by atoms with E-state index < -0.39 is 0 Å². The third-order valence-electron chi connectivity index (χ3n) is 11.1. The average molecular weight is 790 g/mol. The molecule has 276 valence electrons. The van der Waals surface area contributed by atoms with Crippen LogP contribution >= 0.6 is 22.7 Å². The van der Waals surface area contributed by atoms with Gasteiger partial charge in [0.25, 0.3) is 0 Å². The van der Waals surface area contributed by atoms with Crippen LogP contribution in [0.5, 0.6) is 0 Å². The summed E-state index contributed by atoms with van der Waals surface area (Å²) in [5.74, 6) is 2.89. The molecule has 0 atom stereocenters. The zero-order valence-corrected chi connectivity index (χ0v) is 33.1. The van der Waals surface area contributed by atoms with Crippen molar-refractivity contribution in [2.24, 2.45) is 0 Å². The maximum atomic E-state index is 5.31. The van der Waals surface area contributed by atoms with E-state index >= 15 is 0 Å². The highest BCUT2D eigenvalue weighted by Gasteiger charge is 2.20. The predicted octanol–water partition coefficient (Wildman–Crippen LogP) is 14.3. The van der Waals surface area contributed by atoms with Crippen LogP contribution in [0.3, 0.4) is 0 Å². The molecule has 0 aliphatic rings. The van der Waals surface area contributed by atoms with E-state index in [0.29, 0.717) is 17.5 Å². The minimum atomic E-state index is 0.652. The molecule has 4 heterocycles. The Kier molecular flexibility index (Phi) is 7.82. The van der Waals surface area contributed by atoms with E-state index in [0.717, 1.165) is 61.3 Å². The summed E-state index contributed by atoms with van der Waals surface area (Å²) < 4.78 is 7.08. The normalized spacial score (nSPS) is 11.7. The first-order valence-electron chi connectivity index (χ1n) is 19.5. The molecular formula is C52H31N5S2. The SMILES string of the molecule is c1ccc(-c2nc(-c3cccc4c3sc3ccccc34)nc(-c3cccc4sc5ccc(-c6cccc(-c7nc8ccccc8n7-c7ccccc7)c6)cc5c34)n2)cc1. The number of hydrogen-bond donors (Lipinski definition) is 0. The Bertz CT molecular complexity index is 3570. The Balaban J connectivity index is 1.03. The lowest BCUT2D eigenvalue weighted by atomic mass is 9.99. The first-order chi connectivity index (χ1) is 29.2. The lowest BCUT2D eigenvalue weighted by Gasteiger charge is -2.11. The number of thiophene rings is 2. The van der Waals surface area contributed by atoms with Crippen molar-refractivity contribution in [2.45, 2.75) is 0 Å². The van der Waals surface area contributed by atoms with Crippen LogP contribution in [0.1, 0.15) is 0 Å². The van der Waals surface area contributed by atoms with Crippen molar-refractivity contribution in [2.75, 3.05) is 0 Å². The van der Waals surface area contributed by atoms with E-state index in [1.807, 2.05) is 30.3 Å². The summed E-state index contributed by atoms with van der Waals surface area (Å²) in [6.07, 6.45) is 0. The largest absolute Gasteiger partial charge is 0.292 e. The van der Waals surface area contributed by atoms with Crippen LogP contribution in [-0.2, 0) is 0 Å². The van der Waals surface area contributed by atoms with Crippen molar-refractivity contribution in [3.05, 3.63) is 188 Å². The van der Waals surface area contributed by atoms with Gasteiger partial charge in [-0.05, 0) is 71.8 Å². The minimum Gasteiger partial charge on any atom is -0.292 e. The second kappa shape index (κ2) is 13.7. The number of benzene rings is 8. The summed E-state index contributed by atoms with van der Waals surface area (Å²) >= 11 is 3.59. The lowest BCUT2D eigenvalue weighted by molar-refractivity contribution is 1.08. The maximum Gasteiger partial charge on any atom is 0.165 e. The molecule has 5 nitrogen and oxygen atoms in total. The highest BCUT2D eigenvalue weighted by atomic mass is 32.1. The first-order valence-corrected chi connectivity index (χ1v) is 21.2. The molecule has 0 unspecified atom stereocenters.